The monoisotopic (exact) mass is 484 g/mol. The molecule has 1 N–H and O–H groups in total. The Morgan fingerprint density at radius 3 is 2.90 bits per heavy atom. The van der Waals surface area contributed by atoms with Gasteiger partial charge in [0.15, 0.2) is 11.5 Å². The van der Waals surface area contributed by atoms with Crippen LogP contribution in [0.25, 0.3) is 0 Å². The fourth-order valence-corrected chi connectivity index (χ4v) is 5.51. The minimum absolute atomic E-state index is 0.115. The van der Waals surface area contributed by atoms with E-state index in [1.165, 1.54) is 11.1 Å². The molecule has 2 aromatic rings. The Hall–Kier alpha value is -2.51. The largest absolute Gasteiger partial charge is 0.493 e. The predicted molar refractivity (Wildman–Crippen MR) is 122 cm³/mol. The number of carbonyl (C=O) groups excluding carboxylic acids is 1. The first-order valence-corrected chi connectivity index (χ1v) is 11.3. The molecule has 31 heavy (non-hydrogen) atoms. The first-order valence-electron chi connectivity index (χ1n) is 10.5. The van der Waals surface area contributed by atoms with Gasteiger partial charge >= 0.3 is 6.09 Å². The number of nitrogens with zero attached hydrogens (tertiary/aromatic N) is 1. The lowest BCUT2D eigenvalue weighted by Gasteiger charge is -2.36. The summed E-state index contributed by atoms with van der Waals surface area (Å²) in [5.74, 6) is 1.55. The number of nitrogens with one attached hydrogen (secondary N) is 1. The van der Waals surface area contributed by atoms with E-state index in [-0.39, 0.29) is 17.6 Å². The highest BCUT2D eigenvalue weighted by molar-refractivity contribution is 9.10. The SMILES string of the molecule is COc1cc(Br)c2c3c1OC1C[C@@H](OC(=O)Nc4ccccc4)C=CC31CCN(C)C2. The standard InChI is InChI=1S/C24H25BrN2O4/c1-27-11-10-24-9-8-16(30-23(28)26-15-6-4-3-5-7-15)12-20(24)31-22-19(29-2)13-18(25)17(14-27)21(22)24/h3-9,13,16,20H,10-12,14H2,1-2H3,(H,26,28)/t16-,20?,24?/m0/s1. The number of benzene rings is 2. The number of methoxy groups -OCH3 is 1. The van der Waals surface area contributed by atoms with Crippen molar-refractivity contribution in [3.8, 4) is 11.5 Å². The zero-order chi connectivity index (χ0) is 21.6. The van der Waals surface area contributed by atoms with Gasteiger partial charge < -0.3 is 19.1 Å². The second-order valence-electron chi connectivity index (χ2n) is 8.41. The lowest BCUT2D eigenvalue weighted by Crippen LogP contribution is -2.44. The van der Waals surface area contributed by atoms with E-state index in [0.29, 0.717) is 12.1 Å². The highest BCUT2D eigenvalue weighted by Gasteiger charge is 2.53. The highest BCUT2D eigenvalue weighted by Crippen LogP contribution is 2.57. The Morgan fingerprint density at radius 2 is 2.13 bits per heavy atom. The Kier molecular flexibility index (Phi) is 5.18. The van der Waals surface area contributed by atoms with E-state index in [9.17, 15) is 4.79 Å². The molecule has 0 saturated heterocycles. The van der Waals surface area contributed by atoms with Crippen LogP contribution in [0.5, 0.6) is 11.5 Å². The van der Waals surface area contributed by atoms with E-state index < -0.39 is 6.09 Å². The molecule has 1 aliphatic carbocycles. The maximum atomic E-state index is 12.4. The Labute approximate surface area is 190 Å². The smallest absolute Gasteiger partial charge is 0.412 e. The molecule has 2 unspecified atom stereocenters. The van der Waals surface area contributed by atoms with Gasteiger partial charge in [0.2, 0.25) is 0 Å². The number of para-hydroxylation sites is 1. The molecule has 162 valence electrons. The molecule has 3 atom stereocenters. The molecule has 2 aromatic carbocycles. The van der Waals surface area contributed by atoms with Crippen LogP contribution in [0.4, 0.5) is 10.5 Å². The van der Waals surface area contributed by atoms with Crippen molar-refractivity contribution >= 4 is 27.7 Å². The van der Waals surface area contributed by atoms with Crippen LogP contribution in [0.15, 0.2) is 53.0 Å². The molecule has 0 aromatic heterocycles. The average Bonchev–Trinajstić information content (AvgIpc) is 3.01. The summed E-state index contributed by atoms with van der Waals surface area (Å²) < 4.78 is 18.9. The molecule has 6 nitrogen and oxygen atoms in total. The van der Waals surface area contributed by atoms with Crippen LogP contribution in [-0.2, 0) is 16.7 Å². The van der Waals surface area contributed by atoms with Crippen molar-refractivity contribution in [2.45, 2.75) is 37.0 Å². The van der Waals surface area contributed by atoms with Crippen molar-refractivity contribution in [1.29, 1.82) is 0 Å². The van der Waals surface area contributed by atoms with Gasteiger partial charge in [-0.1, -0.05) is 40.2 Å². The molecule has 7 heteroatoms. The van der Waals surface area contributed by atoms with Crippen molar-refractivity contribution in [2.75, 3.05) is 26.0 Å². The van der Waals surface area contributed by atoms with Crippen LogP contribution in [0.1, 0.15) is 24.0 Å². The number of ether oxygens (including phenoxy) is 3. The summed E-state index contributed by atoms with van der Waals surface area (Å²) in [6, 6.07) is 11.3. The maximum Gasteiger partial charge on any atom is 0.412 e. The summed E-state index contributed by atoms with van der Waals surface area (Å²) in [4.78, 5) is 14.7. The van der Waals surface area contributed by atoms with Crippen molar-refractivity contribution in [3.63, 3.8) is 0 Å². The van der Waals surface area contributed by atoms with E-state index in [2.05, 4.69) is 39.3 Å². The molecule has 1 spiro atoms. The second-order valence-corrected chi connectivity index (χ2v) is 9.26. The minimum Gasteiger partial charge on any atom is -0.493 e. The molecule has 2 heterocycles. The van der Waals surface area contributed by atoms with E-state index in [1.54, 1.807) is 7.11 Å². The Bertz CT molecular complexity index is 1040. The van der Waals surface area contributed by atoms with Crippen molar-refractivity contribution in [2.24, 2.45) is 0 Å². The Balaban J connectivity index is 1.44. The zero-order valence-electron chi connectivity index (χ0n) is 17.6. The second kappa shape index (κ2) is 7.88. The third kappa shape index (κ3) is 3.49. The highest BCUT2D eigenvalue weighted by atomic mass is 79.9. The van der Waals surface area contributed by atoms with Crippen LogP contribution in [0.2, 0.25) is 0 Å². The number of halogens is 1. The number of rotatable bonds is 3. The fourth-order valence-electron chi connectivity index (χ4n) is 4.98. The van der Waals surface area contributed by atoms with Gasteiger partial charge in [-0.05, 0) is 49.9 Å². The third-order valence-electron chi connectivity index (χ3n) is 6.49. The number of carbonyl (C=O) groups is 1. The summed E-state index contributed by atoms with van der Waals surface area (Å²) in [5, 5.41) is 2.78. The first kappa shape index (κ1) is 20.4. The molecule has 5 rings (SSSR count). The van der Waals surface area contributed by atoms with Crippen molar-refractivity contribution in [1.82, 2.24) is 4.90 Å². The fraction of sp³-hybridized carbons (Fsp3) is 0.375. The van der Waals surface area contributed by atoms with Crippen molar-refractivity contribution < 1.29 is 19.0 Å². The van der Waals surface area contributed by atoms with Gasteiger partial charge in [0, 0.05) is 28.7 Å². The van der Waals surface area contributed by atoms with Crippen LogP contribution in [-0.4, -0.2) is 43.9 Å². The molecule has 0 saturated carbocycles. The lowest BCUT2D eigenvalue weighted by atomic mass is 9.69. The van der Waals surface area contributed by atoms with Gasteiger partial charge in [0.05, 0.1) is 12.5 Å². The van der Waals surface area contributed by atoms with Gasteiger partial charge in [0.1, 0.15) is 12.2 Å². The number of amides is 1. The summed E-state index contributed by atoms with van der Waals surface area (Å²) >= 11 is 3.75. The van der Waals surface area contributed by atoms with E-state index in [1.807, 2.05) is 42.5 Å². The third-order valence-corrected chi connectivity index (χ3v) is 7.19. The van der Waals surface area contributed by atoms with Gasteiger partial charge in [-0.2, -0.15) is 0 Å². The molecule has 1 amide bonds. The summed E-state index contributed by atoms with van der Waals surface area (Å²) in [6.07, 6.45) is 4.81. The lowest BCUT2D eigenvalue weighted by molar-refractivity contribution is 0.0667. The Morgan fingerprint density at radius 1 is 1.32 bits per heavy atom. The van der Waals surface area contributed by atoms with E-state index in [0.717, 1.165) is 35.5 Å². The summed E-state index contributed by atoms with van der Waals surface area (Å²) in [6.45, 7) is 1.80. The van der Waals surface area contributed by atoms with Crippen LogP contribution in [0, 0.1) is 0 Å². The zero-order valence-corrected chi connectivity index (χ0v) is 19.1. The normalized spacial score (nSPS) is 26.3. The topological polar surface area (TPSA) is 60.0 Å². The van der Waals surface area contributed by atoms with Crippen LogP contribution < -0.4 is 14.8 Å². The quantitative estimate of drug-likeness (QED) is 0.629. The minimum atomic E-state index is -0.464. The summed E-state index contributed by atoms with van der Waals surface area (Å²) in [7, 11) is 3.81. The van der Waals surface area contributed by atoms with Gasteiger partial charge in [-0.25, -0.2) is 4.79 Å². The van der Waals surface area contributed by atoms with Gasteiger partial charge in [-0.15, -0.1) is 0 Å². The molecule has 0 fully saturated rings. The van der Waals surface area contributed by atoms with Gasteiger partial charge in [-0.3, -0.25) is 5.32 Å². The van der Waals surface area contributed by atoms with Crippen LogP contribution >= 0.6 is 15.9 Å². The maximum absolute atomic E-state index is 12.4. The average molecular weight is 485 g/mol. The number of hydrogen-bond donors (Lipinski definition) is 1. The molecule has 2 aliphatic heterocycles. The molecular weight excluding hydrogens is 460 g/mol. The van der Waals surface area contributed by atoms with Crippen LogP contribution in [0.3, 0.4) is 0 Å². The number of hydrogen-bond acceptors (Lipinski definition) is 5. The molecule has 0 radical (unpaired) electrons. The predicted octanol–water partition coefficient (Wildman–Crippen LogP) is 4.87. The molecular formula is C24H25BrN2O4. The van der Waals surface area contributed by atoms with E-state index >= 15 is 0 Å². The first-order chi connectivity index (χ1) is 15.0. The van der Waals surface area contributed by atoms with Crippen molar-refractivity contribution in [3.05, 3.63) is 64.1 Å². The van der Waals surface area contributed by atoms with E-state index in [4.69, 9.17) is 14.2 Å². The molecule has 0 bridgehead atoms. The number of anilines is 1. The summed E-state index contributed by atoms with van der Waals surface area (Å²) in [5.41, 5.74) is 2.90. The van der Waals surface area contributed by atoms with Gasteiger partial charge in [0.25, 0.3) is 0 Å². The molecule has 3 aliphatic rings.